The second-order valence-corrected chi connectivity index (χ2v) is 7.63. The fourth-order valence-corrected chi connectivity index (χ4v) is 4.29. The molecule has 0 spiro atoms. The predicted octanol–water partition coefficient (Wildman–Crippen LogP) is 0.838. The zero-order valence-electron chi connectivity index (χ0n) is 14.3. The van der Waals surface area contributed by atoms with Gasteiger partial charge in [-0.1, -0.05) is 0 Å². The summed E-state index contributed by atoms with van der Waals surface area (Å²) in [6.07, 6.45) is 4.28. The second-order valence-electron chi connectivity index (χ2n) is 6.52. The molecule has 134 valence electrons. The second kappa shape index (κ2) is 7.72. The predicted molar refractivity (Wildman–Crippen MR) is 96.6 cm³/mol. The van der Waals surface area contributed by atoms with E-state index in [1.807, 2.05) is 11.8 Å². The van der Waals surface area contributed by atoms with Crippen molar-refractivity contribution in [1.29, 1.82) is 0 Å². The molecule has 0 unspecified atom stereocenters. The van der Waals surface area contributed by atoms with Crippen LogP contribution in [0.3, 0.4) is 0 Å². The Labute approximate surface area is 151 Å². The highest BCUT2D eigenvalue weighted by Gasteiger charge is 2.19. The highest BCUT2D eigenvalue weighted by molar-refractivity contribution is 7.98. The van der Waals surface area contributed by atoms with Gasteiger partial charge in [0.2, 0.25) is 5.89 Å². The maximum atomic E-state index is 12.2. The third-order valence-corrected chi connectivity index (χ3v) is 5.85. The molecule has 0 bridgehead atoms. The third kappa shape index (κ3) is 4.13. The maximum Gasteiger partial charge on any atom is 0.267 e. The van der Waals surface area contributed by atoms with Crippen molar-refractivity contribution in [3.05, 3.63) is 46.0 Å². The fourth-order valence-electron chi connectivity index (χ4n) is 3.34. The lowest BCUT2D eigenvalue weighted by molar-refractivity contribution is 0.115. The van der Waals surface area contributed by atoms with Gasteiger partial charge >= 0.3 is 0 Å². The van der Waals surface area contributed by atoms with Crippen LogP contribution in [0, 0.1) is 0 Å². The number of thioether (sulfide) groups is 1. The molecule has 8 heteroatoms. The van der Waals surface area contributed by atoms with Crippen molar-refractivity contribution >= 4 is 11.8 Å². The molecule has 1 fully saturated rings. The topological polar surface area (TPSA) is 67.4 Å². The molecule has 0 radical (unpaired) electrons. The van der Waals surface area contributed by atoms with Gasteiger partial charge in [0, 0.05) is 51.0 Å². The number of hydrogen-bond donors (Lipinski definition) is 0. The first-order valence-electron chi connectivity index (χ1n) is 8.79. The summed E-state index contributed by atoms with van der Waals surface area (Å²) < 4.78 is 6.96. The number of piperazine rings is 1. The lowest BCUT2D eigenvalue weighted by Crippen LogP contribution is -2.47. The zero-order chi connectivity index (χ0) is 17.1. The van der Waals surface area contributed by atoms with Crippen LogP contribution < -0.4 is 5.56 Å². The van der Waals surface area contributed by atoms with Crippen molar-refractivity contribution in [2.24, 2.45) is 0 Å². The summed E-state index contributed by atoms with van der Waals surface area (Å²) in [6.45, 7) is 6.28. The number of oxazole rings is 1. The minimum Gasteiger partial charge on any atom is -0.448 e. The van der Waals surface area contributed by atoms with Gasteiger partial charge < -0.3 is 4.42 Å². The van der Waals surface area contributed by atoms with Crippen LogP contribution in [0.5, 0.6) is 0 Å². The highest BCUT2D eigenvalue weighted by Crippen LogP contribution is 2.21. The number of nitrogens with zero attached hydrogens (tertiary/aromatic N) is 5. The van der Waals surface area contributed by atoms with E-state index in [9.17, 15) is 4.79 Å². The van der Waals surface area contributed by atoms with Crippen molar-refractivity contribution in [3.8, 4) is 0 Å². The summed E-state index contributed by atoms with van der Waals surface area (Å²) >= 11 is 1.88. The van der Waals surface area contributed by atoms with Crippen LogP contribution in [0.4, 0.5) is 0 Å². The molecule has 0 amide bonds. The molecular weight excluding hydrogens is 338 g/mol. The number of aryl methyl sites for hydroxylation is 1. The van der Waals surface area contributed by atoms with E-state index < -0.39 is 0 Å². The molecule has 2 aliphatic heterocycles. The molecule has 1 saturated heterocycles. The zero-order valence-corrected chi connectivity index (χ0v) is 15.1. The number of hydrogen-bond acceptors (Lipinski definition) is 7. The Hall–Kier alpha value is -1.64. The van der Waals surface area contributed by atoms with E-state index in [4.69, 9.17) is 4.42 Å². The van der Waals surface area contributed by atoms with Gasteiger partial charge in [0.05, 0.1) is 25.0 Å². The Bertz CT molecular complexity index is 753. The monoisotopic (exact) mass is 361 g/mol. The minimum absolute atomic E-state index is 0.0313. The first-order valence-corrected chi connectivity index (χ1v) is 9.94. The molecule has 4 rings (SSSR count). The van der Waals surface area contributed by atoms with E-state index in [1.54, 1.807) is 23.2 Å². The smallest absolute Gasteiger partial charge is 0.267 e. The Kier molecular flexibility index (Phi) is 5.19. The first kappa shape index (κ1) is 16.8. The molecule has 0 aliphatic carbocycles. The number of aromatic nitrogens is 3. The van der Waals surface area contributed by atoms with Crippen molar-refractivity contribution in [2.75, 3.05) is 38.5 Å². The van der Waals surface area contributed by atoms with E-state index in [2.05, 4.69) is 19.9 Å². The van der Waals surface area contributed by atoms with Gasteiger partial charge in [-0.15, -0.1) is 0 Å². The van der Waals surface area contributed by atoms with Crippen LogP contribution in [-0.4, -0.2) is 63.0 Å². The summed E-state index contributed by atoms with van der Waals surface area (Å²) in [5.41, 5.74) is 2.26. The lowest BCUT2D eigenvalue weighted by atomic mass is 10.2. The largest absolute Gasteiger partial charge is 0.448 e. The molecule has 2 aromatic heterocycles. The lowest BCUT2D eigenvalue weighted by Gasteiger charge is -2.34. The Balaban J connectivity index is 1.29. The molecule has 0 saturated carbocycles. The SMILES string of the molecule is O=c1cc2c(nn1CCN1CCN(Cc3ncco3)CC1)CCSC2. The minimum atomic E-state index is 0.0313. The molecule has 0 N–H and O–H groups in total. The van der Waals surface area contributed by atoms with Crippen LogP contribution in [0.15, 0.2) is 27.7 Å². The Morgan fingerprint density at radius 1 is 1.16 bits per heavy atom. The van der Waals surface area contributed by atoms with E-state index in [-0.39, 0.29) is 5.56 Å². The molecule has 4 heterocycles. The molecule has 25 heavy (non-hydrogen) atoms. The van der Waals surface area contributed by atoms with Crippen molar-refractivity contribution in [1.82, 2.24) is 24.6 Å². The molecule has 2 aliphatic rings. The highest BCUT2D eigenvalue weighted by atomic mass is 32.2. The number of fused-ring (bicyclic) bond motifs is 1. The van der Waals surface area contributed by atoms with Crippen LogP contribution in [-0.2, 0) is 25.3 Å². The van der Waals surface area contributed by atoms with Crippen molar-refractivity contribution in [3.63, 3.8) is 0 Å². The molecule has 7 nitrogen and oxygen atoms in total. The summed E-state index contributed by atoms with van der Waals surface area (Å²) in [7, 11) is 0. The first-order chi connectivity index (χ1) is 12.3. The fraction of sp³-hybridized carbons (Fsp3) is 0.588. The third-order valence-electron chi connectivity index (χ3n) is 4.84. The molecule has 2 aromatic rings. The quantitative estimate of drug-likeness (QED) is 0.782. The summed E-state index contributed by atoms with van der Waals surface area (Å²) in [6, 6.07) is 1.78. The summed E-state index contributed by atoms with van der Waals surface area (Å²) in [4.78, 5) is 21.2. The summed E-state index contributed by atoms with van der Waals surface area (Å²) in [5.74, 6) is 2.80. The number of rotatable bonds is 5. The van der Waals surface area contributed by atoms with Crippen molar-refractivity contribution < 1.29 is 4.42 Å². The molecule has 0 aromatic carbocycles. The standard InChI is InChI=1S/C17H23N5O2S/c23-17-11-14-13-25-10-1-15(14)19-22(17)8-7-20-3-5-21(6-4-20)12-16-18-2-9-24-16/h2,9,11H,1,3-8,10,12-13H2. The van der Waals surface area contributed by atoms with Gasteiger partial charge in [-0.25, -0.2) is 9.67 Å². The average molecular weight is 361 g/mol. The molecular formula is C17H23N5O2S. The van der Waals surface area contributed by atoms with Gasteiger partial charge in [-0.2, -0.15) is 16.9 Å². The van der Waals surface area contributed by atoms with Gasteiger partial charge in [0.15, 0.2) is 0 Å². The van der Waals surface area contributed by atoms with E-state index in [1.165, 1.54) is 0 Å². The maximum absolute atomic E-state index is 12.2. The van der Waals surface area contributed by atoms with Gasteiger partial charge in [0.25, 0.3) is 5.56 Å². The van der Waals surface area contributed by atoms with Gasteiger partial charge in [0.1, 0.15) is 6.26 Å². The van der Waals surface area contributed by atoms with E-state index in [0.29, 0.717) is 6.54 Å². The van der Waals surface area contributed by atoms with Crippen LogP contribution in [0.2, 0.25) is 0 Å². The van der Waals surface area contributed by atoms with Crippen LogP contribution in [0.25, 0.3) is 0 Å². The van der Waals surface area contributed by atoms with Crippen molar-refractivity contribution in [2.45, 2.75) is 25.3 Å². The van der Waals surface area contributed by atoms with Crippen LogP contribution >= 0.6 is 11.8 Å². The van der Waals surface area contributed by atoms with Crippen LogP contribution in [0.1, 0.15) is 17.1 Å². The average Bonchev–Trinajstić information content (AvgIpc) is 3.14. The summed E-state index contributed by atoms with van der Waals surface area (Å²) in [5, 5.41) is 4.60. The van der Waals surface area contributed by atoms with E-state index >= 15 is 0 Å². The molecule has 0 atom stereocenters. The van der Waals surface area contributed by atoms with Gasteiger partial charge in [-0.05, 0) is 11.3 Å². The normalized spacial score (nSPS) is 19.0. The van der Waals surface area contributed by atoms with E-state index in [0.717, 1.165) is 74.3 Å². The Morgan fingerprint density at radius 3 is 2.80 bits per heavy atom. The van der Waals surface area contributed by atoms with Gasteiger partial charge in [-0.3, -0.25) is 14.6 Å². The Morgan fingerprint density at radius 2 is 2.00 bits per heavy atom.